The lowest BCUT2D eigenvalue weighted by molar-refractivity contribution is 0.104. The Labute approximate surface area is 123 Å². The maximum Gasteiger partial charge on any atom is 0.185 e. The van der Waals surface area contributed by atoms with E-state index in [-0.39, 0.29) is 5.78 Å². The van der Waals surface area contributed by atoms with Crippen molar-refractivity contribution in [2.75, 3.05) is 13.4 Å². The first-order valence-electron chi connectivity index (χ1n) is 6.23. The van der Waals surface area contributed by atoms with Gasteiger partial charge < -0.3 is 4.74 Å². The Kier molecular flexibility index (Phi) is 5.02. The van der Waals surface area contributed by atoms with Gasteiger partial charge >= 0.3 is 0 Å². The van der Waals surface area contributed by atoms with E-state index in [0.29, 0.717) is 5.56 Å². The fourth-order valence-corrected chi connectivity index (χ4v) is 2.15. The Morgan fingerprint density at radius 2 is 1.70 bits per heavy atom. The third-order valence-corrected chi connectivity index (χ3v) is 3.66. The van der Waals surface area contributed by atoms with Crippen molar-refractivity contribution in [3.63, 3.8) is 0 Å². The summed E-state index contributed by atoms with van der Waals surface area (Å²) in [5.41, 5.74) is 1.67. The lowest BCUT2D eigenvalue weighted by Crippen LogP contribution is -1.94. The number of allylic oxidation sites excluding steroid dienone is 1. The minimum atomic E-state index is -0.0124. The first-order valence-corrected chi connectivity index (χ1v) is 7.46. The van der Waals surface area contributed by atoms with Gasteiger partial charge in [0.2, 0.25) is 0 Å². The van der Waals surface area contributed by atoms with Crippen LogP contribution in [0, 0.1) is 0 Å². The molecule has 0 fully saturated rings. The van der Waals surface area contributed by atoms with Crippen LogP contribution in [0.25, 0.3) is 6.08 Å². The van der Waals surface area contributed by atoms with E-state index in [9.17, 15) is 4.79 Å². The lowest BCUT2D eigenvalue weighted by Gasteiger charge is -2.00. The minimum absolute atomic E-state index is 0.0124. The molecule has 0 aliphatic carbocycles. The predicted octanol–water partition coefficient (Wildman–Crippen LogP) is 4.31. The fraction of sp³-hybridized carbons (Fsp3) is 0.118. The lowest BCUT2D eigenvalue weighted by atomic mass is 10.1. The van der Waals surface area contributed by atoms with Crippen LogP contribution in [0.5, 0.6) is 5.75 Å². The molecular weight excluding hydrogens is 268 g/mol. The Hall–Kier alpha value is -2.00. The summed E-state index contributed by atoms with van der Waals surface area (Å²) < 4.78 is 5.07. The Morgan fingerprint density at radius 3 is 2.25 bits per heavy atom. The van der Waals surface area contributed by atoms with Crippen molar-refractivity contribution in [1.82, 2.24) is 0 Å². The van der Waals surface area contributed by atoms with Gasteiger partial charge in [-0.3, -0.25) is 4.79 Å². The zero-order valence-electron chi connectivity index (χ0n) is 11.5. The smallest absolute Gasteiger partial charge is 0.185 e. The number of carbonyl (C=O) groups is 1. The van der Waals surface area contributed by atoms with Crippen LogP contribution in [0.2, 0.25) is 0 Å². The molecule has 0 aliphatic rings. The molecule has 2 nitrogen and oxygen atoms in total. The summed E-state index contributed by atoms with van der Waals surface area (Å²) in [4.78, 5) is 13.2. The molecule has 0 saturated heterocycles. The molecule has 2 aromatic rings. The number of benzene rings is 2. The summed E-state index contributed by atoms with van der Waals surface area (Å²) in [5.74, 6) is 0.736. The van der Waals surface area contributed by atoms with E-state index in [0.717, 1.165) is 11.3 Å². The van der Waals surface area contributed by atoms with Crippen molar-refractivity contribution in [2.45, 2.75) is 4.90 Å². The molecule has 0 aromatic heterocycles. The highest BCUT2D eigenvalue weighted by atomic mass is 32.2. The Bertz CT molecular complexity index is 598. The highest BCUT2D eigenvalue weighted by molar-refractivity contribution is 7.98. The van der Waals surface area contributed by atoms with Crippen LogP contribution in [0.15, 0.2) is 59.5 Å². The standard InChI is InChI=1S/C17H16O2S/c1-19-15-8-6-14(7-9-15)17(18)12-5-13-3-10-16(20-2)11-4-13/h3-12H,1-2H3/b12-5+. The summed E-state index contributed by atoms with van der Waals surface area (Å²) in [6.45, 7) is 0. The molecule has 0 spiro atoms. The second kappa shape index (κ2) is 6.96. The number of carbonyl (C=O) groups excluding carboxylic acids is 1. The van der Waals surface area contributed by atoms with E-state index in [1.165, 1.54) is 4.90 Å². The zero-order chi connectivity index (χ0) is 14.4. The number of hydrogen-bond acceptors (Lipinski definition) is 3. The van der Waals surface area contributed by atoms with Crippen molar-refractivity contribution in [3.05, 3.63) is 65.7 Å². The van der Waals surface area contributed by atoms with E-state index >= 15 is 0 Å². The monoisotopic (exact) mass is 284 g/mol. The molecule has 3 heteroatoms. The van der Waals surface area contributed by atoms with E-state index in [1.807, 2.05) is 36.6 Å². The summed E-state index contributed by atoms with van der Waals surface area (Å²) in [6, 6.07) is 15.2. The van der Waals surface area contributed by atoms with E-state index in [1.54, 1.807) is 49.2 Å². The van der Waals surface area contributed by atoms with E-state index in [2.05, 4.69) is 0 Å². The van der Waals surface area contributed by atoms with Gasteiger partial charge in [-0.2, -0.15) is 0 Å². The molecule has 0 radical (unpaired) electrons. The van der Waals surface area contributed by atoms with Crippen LogP contribution in [-0.2, 0) is 0 Å². The van der Waals surface area contributed by atoms with Gasteiger partial charge in [0.1, 0.15) is 5.75 Å². The summed E-state index contributed by atoms with van der Waals surface area (Å²) in [6.07, 6.45) is 5.46. The highest BCUT2D eigenvalue weighted by Crippen LogP contribution is 2.16. The highest BCUT2D eigenvalue weighted by Gasteiger charge is 2.01. The average Bonchev–Trinajstić information content (AvgIpc) is 2.53. The minimum Gasteiger partial charge on any atom is -0.497 e. The molecule has 0 amide bonds. The first kappa shape index (κ1) is 14.4. The van der Waals surface area contributed by atoms with Crippen LogP contribution in [0.4, 0.5) is 0 Å². The largest absolute Gasteiger partial charge is 0.497 e. The predicted molar refractivity (Wildman–Crippen MR) is 84.6 cm³/mol. The van der Waals surface area contributed by atoms with Gasteiger partial charge in [0, 0.05) is 10.5 Å². The molecule has 0 aliphatic heterocycles. The van der Waals surface area contributed by atoms with Gasteiger partial charge in [-0.25, -0.2) is 0 Å². The zero-order valence-corrected chi connectivity index (χ0v) is 12.3. The number of ketones is 1. The third-order valence-electron chi connectivity index (χ3n) is 2.92. The number of ether oxygens (including phenoxy) is 1. The molecule has 0 atom stereocenters. The van der Waals surface area contributed by atoms with Crippen molar-refractivity contribution in [2.24, 2.45) is 0 Å². The number of hydrogen-bond donors (Lipinski definition) is 0. The molecule has 2 rings (SSSR count). The molecule has 102 valence electrons. The maximum absolute atomic E-state index is 12.0. The topological polar surface area (TPSA) is 26.3 Å². The van der Waals surface area contributed by atoms with Crippen molar-refractivity contribution < 1.29 is 9.53 Å². The summed E-state index contributed by atoms with van der Waals surface area (Å²) >= 11 is 1.70. The van der Waals surface area contributed by atoms with Gasteiger partial charge in [0.05, 0.1) is 7.11 Å². The quantitative estimate of drug-likeness (QED) is 0.465. The van der Waals surface area contributed by atoms with Gasteiger partial charge in [-0.1, -0.05) is 18.2 Å². The van der Waals surface area contributed by atoms with Gasteiger partial charge in [0.25, 0.3) is 0 Å². The first-order chi connectivity index (χ1) is 9.72. The van der Waals surface area contributed by atoms with Crippen LogP contribution < -0.4 is 4.74 Å². The third kappa shape index (κ3) is 3.75. The van der Waals surface area contributed by atoms with Crippen LogP contribution in [-0.4, -0.2) is 19.1 Å². The fourth-order valence-electron chi connectivity index (χ4n) is 1.74. The Balaban J connectivity index is 2.07. The molecule has 20 heavy (non-hydrogen) atoms. The number of rotatable bonds is 5. The maximum atomic E-state index is 12.0. The molecule has 0 heterocycles. The normalized spacial score (nSPS) is 10.7. The van der Waals surface area contributed by atoms with Gasteiger partial charge in [-0.05, 0) is 54.3 Å². The van der Waals surface area contributed by atoms with E-state index < -0.39 is 0 Å². The van der Waals surface area contributed by atoms with Gasteiger partial charge in [0.15, 0.2) is 5.78 Å². The second-order valence-corrected chi connectivity index (χ2v) is 5.08. The van der Waals surface area contributed by atoms with E-state index in [4.69, 9.17) is 4.74 Å². The molecular formula is C17H16O2S. The molecule has 2 aromatic carbocycles. The summed E-state index contributed by atoms with van der Waals surface area (Å²) in [5, 5.41) is 0. The van der Waals surface area contributed by atoms with Crippen molar-refractivity contribution >= 4 is 23.6 Å². The van der Waals surface area contributed by atoms with Crippen molar-refractivity contribution in [1.29, 1.82) is 0 Å². The molecule has 0 N–H and O–H groups in total. The Morgan fingerprint density at radius 1 is 1.05 bits per heavy atom. The van der Waals surface area contributed by atoms with Crippen molar-refractivity contribution in [3.8, 4) is 5.75 Å². The molecule has 0 unspecified atom stereocenters. The molecule has 0 bridgehead atoms. The van der Waals surface area contributed by atoms with Crippen LogP contribution in [0.3, 0.4) is 0 Å². The van der Waals surface area contributed by atoms with Crippen LogP contribution >= 0.6 is 11.8 Å². The number of methoxy groups -OCH3 is 1. The second-order valence-electron chi connectivity index (χ2n) is 4.20. The molecule has 0 saturated carbocycles. The SMILES string of the molecule is COc1ccc(C(=O)/C=C/c2ccc(SC)cc2)cc1. The van der Waals surface area contributed by atoms with Crippen LogP contribution in [0.1, 0.15) is 15.9 Å². The number of thioether (sulfide) groups is 1. The van der Waals surface area contributed by atoms with Gasteiger partial charge in [-0.15, -0.1) is 11.8 Å². The summed E-state index contributed by atoms with van der Waals surface area (Å²) in [7, 11) is 1.61. The average molecular weight is 284 g/mol.